The summed E-state index contributed by atoms with van der Waals surface area (Å²) in [5.41, 5.74) is 6.98. The van der Waals surface area contributed by atoms with Crippen LogP contribution in [0.3, 0.4) is 0 Å². The van der Waals surface area contributed by atoms with E-state index in [1.807, 2.05) is 24.3 Å². The summed E-state index contributed by atoms with van der Waals surface area (Å²) >= 11 is 3.37. The molecular weight excluding hydrogens is 376 g/mol. The monoisotopic (exact) mass is 388 g/mol. The molecule has 2 N–H and O–H groups in total. The molecule has 0 aliphatic heterocycles. The van der Waals surface area contributed by atoms with Gasteiger partial charge in [-0.15, -0.1) is 5.10 Å². The number of hydrogen-bond acceptors (Lipinski definition) is 6. The van der Waals surface area contributed by atoms with Crippen molar-refractivity contribution in [3.8, 4) is 0 Å². The maximum absolute atomic E-state index is 12.1. The fraction of sp³-hybridized carbons (Fsp3) is 0.0667. The Balaban J connectivity index is 1.67. The molecule has 24 heavy (non-hydrogen) atoms. The molecule has 0 saturated heterocycles. The molecule has 122 valence electrons. The lowest BCUT2D eigenvalue weighted by molar-refractivity contribution is 0.0949. The molecule has 0 spiro atoms. The first-order valence-corrected chi connectivity index (χ1v) is 7.74. The van der Waals surface area contributed by atoms with E-state index in [-0.39, 0.29) is 5.69 Å². The number of nitrogens with one attached hydrogen (secondary N) is 2. The predicted octanol–water partition coefficient (Wildman–Crippen LogP) is 2.58. The van der Waals surface area contributed by atoms with Gasteiger partial charge in [0.25, 0.3) is 5.91 Å². The Morgan fingerprint density at radius 2 is 2.12 bits per heavy atom. The lowest BCUT2D eigenvalue weighted by Gasteiger charge is -2.07. The third-order valence-corrected chi connectivity index (χ3v) is 3.62. The Morgan fingerprint density at radius 3 is 2.83 bits per heavy atom. The van der Waals surface area contributed by atoms with E-state index in [1.54, 1.807) is 19.1 Å². The van der Waals surface area contributed by atoms with Crippen molar-refractivity contribution in [1.29, 1.82) is 0 Å². The standard InChI is InChI=1S/C15H13BrN6O2/c1-10-14(15(23)19-17-9-13-3-2-8-24-13)18-21-22(10)20-12-6-4-11(16)5-7-12/h2-9,20H,1H3,(H,19,23)/b17-9+. The fourth-order valence-corrected chi connectivity index (χ4v) is 2.13. The van der Waals surface area contributed by atoms with Crippen LogP contribution in [0.15, 0.2) is 56.7 Å². The van der Waals surface area contributed by atoms with Gasteiger partial charge in [0.15, 0.2) is 5.69 Å². The summed E-state index contributed by atoms with van der Waals surface area (Å²) in [6.07, 6.45) is 2.92. The number of amides is 1. The molecule has 0 fully saturated rings. The number of halogens is 1. The minimum Gasteiger partial charge on any atom is -0.463 e. The van der Waals surface area contributed by atoms with E-state index in [0.29, 0.717) is 11.5 Å². The molecule has 2 aromatic heterocycles. The zero-order chi connectivity index (χ0) is 16.9. The van der Waals surface area contributed by atoms with Gasteiger partial charge >= 0.3 is 0 Å². The number of carbonyl (C=O) groups excluding carboxylic acids is 1. The van der Waals surface area contributed by atoms with Gasteiger partial charge in [0.05, 0.1) is 23.9 Å². The van der Waals surface area contributed by atoms with Crippen molar-refractivity contribution in [1.82, 2.24) is 20.5 Å². The minimum absolute atomic E-state index is 0.177. The summed E-state index contributed by atoms with van der Waals surface area (Å²) in [6, 6.07) is 11.0. The minimum atomic E-state index is -0.459. The van der Waals surface area contributed by atoms with Gasteiger partial charge in [-0.2, -0.15) is 9.89 Å². The molecular formula is C15H13BrN6O2. The topological polar surface area (TPSA) is 97.3 Å². The van der Waals surface area contributed by atoms with Crippen LogP contribution in [0.5, 0.6) is 0 Å². The quantitative estimate of drug-likeness (QED) is 0.517. The highest BCUT2D eigenvalue weighted by Crippen LogP contribution is 2.15. The van der Waals surface area contributed by atoms with E-state index in [4.69, 9.17) is 4.42 Å². The third kappa shape index (κ3) is 3.69. The average molecular weight is 389 g/mol. The van der Waals surface area contributed by atoms with Crippen molar-refractivity contribution in [2.24, 2.45) is 5.10 Å². The Labute approximate surface area is 145 Å². The first kappa shape index (κ1) is 15.9. The van der Waals surface area contributed by atoms with Gasteiger partial charge in [-0.25, -0.2) is 5.43 Å². The molecule has 0 radical (unpaired) electrons. The maximum atomic E-state index is 12.1. The van der Waals surface area contributed by atoms with Crippen molar-refractivity contribution >= 4 is 33.7 Å². The van der Waals surface area contributed by atoms with Crippen LogP contribution in [-0.2, 0) is 0 Å². The molecule has 0 bridgehead atoms. The van der Waals surface area contributed by atoms with Gasteiger partial charge in [0.2, 0.25) is 0 Å². The van der Waals surface area contributed by atoms with E-state index in [1.165, 1.54) is 17.3 Å². The van der Waals surface area contributed by atoms with Crippen molar-refractivity contribution in [3.63, 3.8) is 0 Å². The van der Waals surface area contributed by atoms with E-state index >= 15 is 0 Å². The number of nitrogens with zero attached hydrogens (tertiary/aromatic N) is 4. The van der Waals surface area contributed by atoms with Gasteiger partial charge in [-0.05, 0) is 48.5 Å². The molecule has 0 unspecified atom stereocenters. The summed E-state index contributed by atoms with van der Waals surface area (Å²) in [6.45, 7) is 1.73. The summed E-state index contributed by atoms with van der Waals surface area (Å²) in [4.78, 5) is 13.5. The van der Waals surface area contributed by atoms with Crippen molar-refractivity contribution in [2.45, 2.75) is 6.92 Å². The molecule has 0 saturated carbocycles. The second-order valence-corrected chi connectivity index (χ2v) is 5.68. The Morgan fingerprint density at radius 1 is 1.33 bits per heavy atom. The van der Waals surface area contributed by atoms with Crippen LogP contribution in [0.4, 0.5) is 5.69 Å². The van der Waals surface area contributed by atoms with Crippen molar-refractivity contribution < 1.29 is 9.21 Å². The third-order valence-electron chi connectivity index (χ3n) is 3.09. The summed E-state index contributed by atoms with van der Waals surface area (Å²) in [7, 11) is 0. The largest absolute Gasteiger partial charge is 0.463 e. The lowest BCUT2D eigenvalue weighted by atomic mass is 10.3. The Hall–Kier alpha value is -2.94. The number of hydrazone groups is 1. The van der Waals surface area contributed by atoms with Crippen LogP contribution in [0.2, 0.25) is 0 Å². The second kappa shape index (κ2) is 7.09. The first-order valence-electron chi connectivity index (χ1n) is 6.95. The van der Waals surface area contributed by atoms with Crippen molar-refractivity contribution in [2.75, 3.05) is 5.43 Å². The Bertz CT molecular complexity index is 855. The highest BCUT2D eigenvalue weighted by molar-refractivity contribution is 9.10. The summed E-state index contributed by atoms with van der Waals surface area (Å²) in [5.74, 6) is 0.0757. The normalized spacial score (nSPS) is 10.9. The highest BCUT2D eigenvalue weighted by Gasteiger charge is 2.16. The number of benzene rings is 1. The van der Waals surface area contributed by atoms with Crippen molar-refractivity contribution in [3.05, 3.63) is 64.3 Å². The van der Waals surface area contributed by atoms with Crippen LogP contribution in [-0.4, -0.2) is 27.2 Å². The molecule has 2 heterocycles. The number of hydrogen-bond donors (Lipinski definition) is 2. The molecule has 9 heteroatoms. The van der Waals surface area contributed by atoms with Crippen LogP contribution < -0.4 is 10.9 Å². The van der Waals surface area contributed by atoms with Gasteiger partial charge in [0.1, 0.15) is 5.76 Å². The SMILES string of the molecule is Cc1c(C(=O)N/N=C/c2ccco2)nnn1Nc1ccc(Br)cc1. The maximum Gasteiger partial charge on any atom is 0.293 e. The summed E-state index contributed by atoms with van der Waals surface area (Å²) < 4.78 is 6.05. The zero-order valence-electron chi connectivity index (χ0n) is 12.6. The smallest absolute Gasteiger partial charge is 0.293 e. The summed E-state index contributed by atoms with van der Waals surface area (Å²) in [5, 5.41) is 11.6. The van der Waals surface area contributed by atoms with Gasteiger partial charge < -0.3 is 4.42 Å². The molecule has 0 aliphatic carbocycles. The zero-order valence-corrected chi connectivity index (χ0v) is 14.2. The molecule has 1 aromatic carbocycles. The molecule has 0 atom stereocenters. The van der Waals surface area contributed by atoms with Gasteiger partial charge in [0, 0.05) is 4.47 Å². The van der Waals surface area contributed by atoms with E-state index < -0.39 is 5.91 Å². The first-order chi connectivity index (χ1) is 11.6. The van der Waals surface area contributed by atoms with Crippen LogP contribution >= 0.6 is 15.9 Å². The number of anilines is 1. The van der Waals surface area contributed by atoms with Crippen LogP contribution in [0, 0.1) is 6.92 Å². The number of furan rings is 1. The number of aromatic nitrogens is 3. The highest BCUT2D eigenvalue weighted by atomic mass is 79.9. The number of rotatable bonds is 5. The molecule has 8 nitrogen and oxygen atoms in total. The average Bonchev–Trinajstić information content (AvgIpc) is 3.20. The van der Waals surface area contributed by atoms with Crippen LogP contribution in [0.25, 0.3) is 0 Å². The van der Waals surface area contributed by atoms with Gasteiger partial charge in [-0.3, -0.25) is 10.2 Å². The number of carbonyl (C=O) groups is 1. The predicted molar refractivity (Wildman–Crippen MR) is 91.7 cm³/mol. The van der Waals surface area contributed by atoms with E-state index in [9.17, 15) is 4.79 Å². The molecule has 3 rings (SSSR count). The fourth-order valence-electron chi connectivity index (χ4n) is 1.86. The molecule has 3 aromatic rings. The lowest BCUT2D eigenvalue weighted by Crippen LogP contribution is -2.20. The second-order valence-electron chi connectivity index (χ2n) is 4.77. The van der Waals surface area contributed by atoms with E-state index in [2.05, 4.69) is 42.2 Å². The Kier molecular flexibility index (Phi) is 4.71. The van der Waals surface area contributed by atoms with Gasteiger partial charge in [-0.1, -0.05) is 15.9 Å². The van der Waals surface area contributed by atoms with Crippen LogP contribution in [0.1, 0.15) is 21.9 Å². The van der Waals surface area contributed by atoms with E-state index in [0.717, 1.165) is 10.2 Å². The molecule has 1 amide bonds. The molecule has 0 aliphatic rings.